The number of thiophene rings is 1. The number of aromatic carboxylic acids is 1. The van der Waals surface area contributed by atoms with E-state index in [-0.39, 0.29) is 5.56 Å². The fraction of sp³-hybridized carbons (Fsp3) is 0.250. The van der Waals surface area contributed by atoms with Gasteiger partial charge in [0, 0.05) is 22.2 Å². The summed E-state index contributed by atoms with van der Waals surface area (Å²) in [6, 6.07) is 6.73. The molecule has 0 aliphatic carbocycles. The first-order chi connectivity index (χ1) is 13.1. The summed E-state index contributed by atoms with van der Waals surface area (Å²) in [6.07, 6.45) is 1.58. The van der Waals surface area contributed by atoms with Crippen LogP contribution in [0.15, 0.2) is 35.0 Å². The smallest absolute Gasteiger partial charge is 0.335 e. The summed E-state index contributed by atoms with van der Waals surface area (Å²) in [5.74, 6) is 0.843. The number of rotatable bonds is 7. The molecule has 0 saturated carbocycles. The van der Waals surface area contributed by atoms with E-state index in [0.29, 0.717) is 23.1 Å². The van der Waals surface area contributed by atoms with E-state index in [0.717, 1.165) is 29.7 Å². The summed E-state index contributed by atoms with van der Waals surface area (Å²) in [5, 5.41) is 16.5. The minimum Gasteiger partial charge on any atom is -0.495 e. The van der Waals surface area contributed by atoms with Crippen LogP contribution in [0.2, 0.25) is 0 Å². The van der Waals surface area contributed by atoms with E-state index in [1.165, 1.54) is 13.2 Å². The van der Waals surface area contributed by atoms with Gasteiger partial charge in [0.05, 0.1) is 18.4 Å². The van der Waals surface area contributed by atoms with Crippen LogP contribution in [0.5, 0.6) is 5.75 Å². The number of anilines is 2. The Bertz CT molecular complexity index is 955. The second kappa shape index (κ2) is 8.18. The molecule has 0 fully saturated rings. The number of carboxylic acid groups (broad SMARTS) is 1. The van der Waals surface area contributed by atoms with Gasteiger partial charge in [-0.3, -0.25) is 0 Å². The zero-order valence-corrected chi connectivity index (χ0v) is 16.3. The molecule has 7 heteroatoms. The van der Waals surface area contributed by atoms with Crippen LogP contribution in [-0.2, 0) is 12.8 Å². The Balaban J connectivity index is 2.08. The minimum atomic E-state index is -0.996. The van der Waals surface area contributed by atoms with Gasteiger partial charge in [-0.05, 0) is 42.5 Å². The van der Waals surface area contributed by atoms with Crippen LogP contribution >= 0.6 is 11.3 Å². The molecular formula is C20H21N3O3S. The van der Waals surface area contributed by atoms with E-state index in [2.05, 4.69) is 19.2 Å². The first kappa shape index (κ1) is 18.8. The van der Waals surface area contributed by atoms with Crippen molar-refractivity contribution < 1.29 is 14.6 Å². The van der Waals surface area contributed by atoms with Crippen molar-refractivity contribution in [3.63, 3.8) is 0 Å². The molecule has 2 N–H and O–H groups in total. The van der Waals surface area contributed by atoms with Gasteiger partial charge in [-0.2, -0.15) is 11.3 Å². The fourth-order valence-electron chi connectivity index (χ4n) is 2.87. The number of ether oxygens (including phenoxy) is 1. The highest BCUT2D eigenvalue weighted by atomic mass is 32.1. The van der Waals surface area contributed by atoms with E-state index >= 15 is 0 Å². The molecule has 3 rings (SSSR count). The second-order valence-corrected chi connectivity index (χ2v) is 6.67. The lowest BCUT2D eigenvalue weighted by Crippen LogP contribution is -2.08. The predicted molar refractivity (Wildman–Crippen MR) is 107 cm³/mol. The van der Waals surface area contributed by atoms with Crippen LogP contribution in [0.3, 0.4) is 0 Å². The van der Waals surface area contributed by atoms with Gasteiger partial charge in [0.15, 0.2) is 5.82 Å². The fourth-order valence-corrected chi connectivity index (χ4v) is 3.51. The molecule has 0 aliphatic heterocycles. The van der Waals surface area contributed by atoms with Gasteiger partial charge in [0.1, 0.15) is 11.6 Å². The largest absolute Gasteiger partial charge is 0.495 e. The second-order valence-electron chi connectivity index (χ2n) is 5.89. The molecule has 0 radical (unpaired) electrons. The number of hydrogen-bond acceptors (Lipinski definition) is 6. The maximum Gasteiger partial charge on any atom is 0.335 e. The summed E-state index contributed by atoms with van der Waals surface area (Å²) >= 11 is 1.60. The molecule has 0 spiro atoms. The molecule has 0 unspecified atom stereocenters. The summed E-state index contributed by atoms with van der Waals surface area (Å²) in [6.45, 7) is 4.14. The summed E-state index contributed by atoms with van der Waals surface area (Å²) in [5.41, 5.74) is 3.85. The van der Waals surface area contributed by atoms with E-state index in [9.17, 15) is 9.90 Å². The maximum atomic E-state index is 11.2. The molecular weight excluding hydrogens is 362 g/mol. The molecule has 2 aromatic heterocycles. The van der Waals surface area contributed by atoms with Crippen LogP contribution in [0, 0.1) is 0 Å². The van der Waals surface area contributed by atoms with Crippen LogP contribution in [0.25, 0.3) is 11.4 Å². The molecule has 0 aliphatic rings. The number of aromatic nitrogens is 2. The van der Waals surface area contributed by atoms with E-state index in [1.54, 1.807) is 23.5 Å². The number of hydrogen-bond donors (Lipinski definition) is 2. The molecule has 140 valence electrons. The zero-order valence-electron chi connectivity index (χ0n) is 15.4. The third-order valence-electron chi connectivity index (χ3n) is 4.26. The molecule has 2 heterocycles. The summed E-state index contributed by atoms with van der Waals surface area (Å²) < 4.78 is 5.37. The summed E-state index contributed by atoms with van der Waals surface area (Å²) in [4.78, 5) is 20.7. The number of carboxylic acids is 1. The Hall–Kier alpha value is -2.93. The van der Waals surface area contributed by atoms with Crippen LogP contribution in [-0.4, -0.2) is 28.2 Å². The lowest BCUT2D eigenvalue weighted by atomic mass is 10.1. The number of carbonyl (C=O) groups is 1. The number of aryl methyl sites for hydroxylation is 1. The Morgan fingerprint density at radius 1 is 1.22 bits per heavy atom. The van der Waals surface area contributed by atoms with Crippen molar-refractivity contribution in [3.8, 4) is 17.1 Å². The number of nitrogens with zero attached hydrogens (tertiary/aromatic N) is 2. The molecule has 27 heavy (non-hydrogen) atoms. The Morgan fingerprint density at radius 3 is 2.63 bits per heavy atom. The third kappa shape index (κ3) is 3.93. The van der Waals surface area contributed by atoms with Gasteiger partial charge in [-0.1, -0.05) is 13.8 Å². The van der Waals surface area contributed by atoms with Gasteiger partial charge >= 0.3 is 5.97 Å². The van der Waals surface area contributed by atoms with Crippen molar-refractivity contribution in [1.82, 2.24) is 9.97 Å². The summed E-state index contributed by atoms with van der Waals surface area (Å²) in [7, 11) is 1.51. The number of benzene rings is 1. The van der Waals surface area contributed by atoms with Gasteiger partial charge in [-0.15, -0.1) is 0 Å². The van der Waals surface area contributed by atoms with Crippen LogP contribution < -0.4 is 10.1 Å². The number of nitrogens with one attached hydrogen (secondary N) is 1. The molecule has 6 nitrogen and oxygen atoms in total. The minimum absolute atomic E-state index is 0.170. The Morgan fingerprint density at radius 2 is 2.04 bits per heavy atom. The number of methoxy groups -OCH3 is 1. The molecule has 3 aromatic rings. The van der Waals surface area contributed by atoms with Gasteiger partial charge in [0.2, 0.25) is 0 Å². The SMILES string of the molecule is CCc1nc(-c2ccsc2)nc(Nc2ccc(C(=O)O)cc2OC)c1CC. The van der Waals surface area contributed by atoms with Crippen molar-refractivity contribution in [1.29, 1.82) is 0 Å². The van der Waals surface area contributed by atoms with E-state index in [1.807, 2.05) is 16.8 Å². The van der Waals surface area contributed by atoms with Crippen LogP contribution in [0.1, 0.15) is 35.5 Å². The van der Waals surface area contributed by atoms with Crippen molar-refractivity contribution >= 4 is 28.8 Å². The first-order valence-electron chi connectivity index (χ1n) is 8.68. The van der Waals surface area contributed by atoms with Gasteiger partial charge in [0.25, 0.3) is 0 Å². The monoisotopic (exact) mass is 383 g/mol. The lowest BCUT2D eigenvalue weighted by Gasteiger charge is -2.16. The van der Waals surface area contributed by atoms with E-state index < -0.39 is 5.97 Å². The van der Waals surface area contributed by atoms with Crippen molar-refractivity contribution in [2.75, 3.05) is 12.4 Å². The van der Waals surface area contributed by atoms with Crippen molar-refractivity contribution in [2.24, 2.45) is 0 Å². The van der Waals surface area contributed by atoms with Gasteiger partial charge in [-0.25, -0.2) is 14.8 Å². The maximum absolute atomic E-state index is 11.2. The topological polar surface area (TPSA) is 84.3 Å². The van der Waals surface area contributed by atoms with Gasteiger partial charge < -0.3 is 15.2 Å². The standard InChI is InChI=1S/C20H21N3O3S/c1-4-14-15(5-2)21-18(13-8-9-27-11-13)23-19(14)22-16-7-6-12(20(24)25)10-17(16)26-3/h6-11H,4-5H2,1-3H3,(H,24,25)(H,21,22,23). The average molecular weight is 383 g/mol. The average Bonchev–Trinajstić information content (AvgIpc) is 3.22. The molecule has 0 amide bonds. The van der Waals surface area contributed by atoms with E-state index in [4.69, 9.17) is 14.7 Å². The predicted octanol–water partition coefficient (Wildman–Crippen LogP) is 4.78. The highest BCUT2D eigenvalue weighted by Gasteiger charge is 2.16. The lowest BCUT2D eigenvalue weighted by molar-refractivity contribution is 0.0696. The highest BCUT2D eigenvalue weighted by molar-refractivity contribution is 7.08. The molecule has 0 atom stereocenters. The Kier molecular flexibility index (Phi) is 5.71. The quantitative estimate of drug-likeness (QED) is 0.611. The first-order valence-corrected chi connectivity index (χ1v) is 9.62. The normalized spacial score (nSPS) is 10.6. The molecule has 1 aromatic carbocycles. The van der Waals surface area contributed by atoms with Crippen molar-refractivity contribution in [3.05, 3.63) is 51.8 Å². The highest BCUT2D eigenvalue weighted by Crippen LogP contribution is 2.32. The zero-order chi connectivity index (χ0) is 19.4. The Labute approximate surface area is 161 Å². The molecule has 0 bridgehead atoms. The molecule has 0 saturated heterocycles. The van der Waals surface area contributed by atoms with Crippen molar-refractivity contribution in [2.45, 2.75) is 26.7 Å². The third-order valence-corrected chi connectivity index (χ3v) is 4.95. The van der Waals surface area contributed by atoms with Crippen LogP contribution in [0.4, 0.5) is 11.5 Å².